The summed E-state index contributed by atoms with van der Waals surface area (Å²) in [4.78, 5) is 12.3. The fraction of sp³-hybridized carbons (Fsp3) is 0.769. The summed E-state index contributed by atoms with van der Waals surface area (Å²) in [6, 6.07) is 0.707. The maximum atomic E-state index is 5.90. The number of halogens is 1. The van der Waals surface area contributed by atoms with Crippen molar-refractivity contribution < 1.29 is 4.74 Å². The van der Waals surface area contributed by atoms with Gasteiger partial charge in [-0.15, -0.1) is 0 Å². The minimum Gasteiger partial charge on any atom is -0.463 e. The Labute approximate surface area is 119 Å². The molecule has 5 nitrogen and oxygen atoms in total. The predicted octanol–water partition coefficient (Wildman–Crippen LogP) is 3.30. The molecule has 1 heterocycles. The predicted molar refractivity (Wildman–Crippen MR) is 75.7 cm³/mol. The van der Waals surface area contributed by atoms with E-state index in [2.05, 4.69) is 27.2 Å². The standard InChI is InChI=1S/C13H21ClN4O/c1-3-8-19-13-17-11(14)16-12(18-13)15-10-7-5-4-6-9(10)2/h9-10H,3-8H2,1-2H3,(H,15,16,17,18). The summed E-state index contributed by atoms with van der Waals surface area (Å²) < 4.78 is 5.41. The highest BCUT2D eigenvalue weighted by Crippen LogP contribution is 2.26. The van der Waals surface area contributed by atoms with Crippen molar-refractivity contribution in [3.63, 3.8) is 0 Å². The normalized spacial score (nSPS) is 23.1. The monoisotopic (exact) mass is 284 g/mol. The molecule has 6 heteroatoms. The van der Waals surface area contributed by atoms with Gasteiger partial charge in [-0.3, -0.25) is 0 Å². The van der Waals surface area contributed by atoms with Crippen LogP contribution in [-0.4, -0.2) is 27.6 Å². The molecule has 1 aromatic rings. The van der Waals surface area contributed by atoms with Crippen LogP contribution in [0.15, 0.2) is 0 Å². The highest BCUT2D eigenvalue weighted by molar-refractivity contribution is 6.28. The zero-order valence-corrected chi connectivity index (χ0v) is 12.3. The van der Waals surface area contributed by atoms with Crippen molar-refractivity contribution >= 4 is 17.5 Å². The lowest BCUT2D eigenvalue weighted by Crippen LogP contribution is -2.31. The molecule has 0 aromatic carbocycles. The van der Waals surface area contributed by atoms with Gasteiger partial charge in [-0.2, -0.15) is 15.0 Å². The first kappa shape index (κ1) is 14.3. The summed E-state index contributed by atoms with van der Waals surface area (Å²) in [6.45, 7) is 4.87. The molecular weight excluding hydrogens is 264 g/mol. The largest absolute Gasteiger partial charge is 0.463 e. The Bertz CT molecular complexity index is 416. The molecular formula is C13H21ClN4O. The van der Waals surface area contributed by atoms with Crippen molar-refractivity contribution in [1.82, 2.24) is 15.0 Å². The second kappa shape index (κ2) is 6.89. The average molecular weight is 285 g/mol. The van der Waals surface area contributed by atoms with Gasteiger partial charge in [-0.05, 0) is 36.8 Å². The second-order valence-electron chi connectivity index (χ2n) is 5.07. The highest BCUT2D eigenvalue weighted by atomic mass is 35.5. The third-order valence-electron chi connectivity index (χ3n) is 3.45. The fourth-order valence-electron chi connectivity index (χ4n) is 2.35. The summed E-state index contributed by atoms with van der Waals surface area (Å²) in [5.74, 6) is 1.15. The molecule has 1 fully saturated rings. The second-order valence-corrected chi connectivity index (χ2v) is 5.41. The van der Waals surface area contributed by atoms with E-state index < -0.39 is 0 Å². The number of nitrogens with zero attached hydrogens (tertiary/aromatic N) is 3. The number of ether oxygens (including phenoxy) is 1. The van der Waals surface area contributed by atoms with Crippen molar-refractivity contribution in [2.45, 2.75) is 52.0 Å². The Morgan fingerprint density at radius 1 is 1.26 bits per heavy atom. The van der Waals surface area contributed by atoms with Gasteiger partial charge in [-0.25, -0.2) is 0 Å². The number of aromatic nitrogens is 3. The summed E-state index contributed by atoms with van der Waals surface area (Å²) in [7, 11) is 0. The lowest BCUT2D eigenvalue weighted by atomic mass is 9.86. The van der Waals surface area contributed by atoms with Crippen LogP contribution < -0.4 is 10.1 Å². The first-order valence-electron chi connectivity index (χ1n) is 7.00. The van der Waals surface area contributed by atoms with Crippen molar-refractivity contribution in [3.8, 4) is 6.01 Å². The molecule has 0 saturated heterocycles. The van der Waals surface area contributed by atoms with Gasteiger partial charge < -0.3 is 10.1 Å². The van der Waals surface area contributed by atoms with Gasteiger partial charge in [0.1, 0.15) is 0 Å². The molecule has 2 unspecified atom stereocenters. The van der Waals surface area contributed by atoms with Crippen molar-refractivity contribution in [3.05, 3.63) is 5.28 Å². The van der Waals surface area contributed by atoms with Gasteiger partial charge in [0.2, 0.25) is 11.2 Å². The molecule has 0 spiro atoms. The number of nitrogens with one attached hydrogen (secondary N) is 1. The van der Waals surface area contributed by atoms with Gasteiger partial charge in [0.25, 0.3) is 0 Å². The maximum Gasteiger partial charge on any atom is 0.322 e. The average Bonchev–Trinajstić information content (AvgIpc) is 2.38. The molecule has 1 aliphatic rings. The van der Waals surface area contributed by atoms with E-state index in [4.69, 9.17) is 16.3 Å². The minimum absolute atomic E-state index is 0.173. The van der Waals surface area contributed by atoms with E-state index in [9.17, 15) is 0 Å². The highest BCUT2D eigenvalue weighted by Gasteiger charge is 2.22. The number of hydrogen-bond acceptors (Lipinski definition) is 5. The first-order chi connectivity index (χ1) is 9.19. The Morgan fingerprint density at radius 2 is 2.05 bits per heavy atom. The summed E-state index contributed by atoms with van der Waals surface area (Å²) in [6.07, 6.45) is 5.86. The van der Waals surface area contributed by atoms with Gasteiger partial charge >= 0.3 is 6.01 Å². The van der Waals surface area contributed by atoms with E-state index in [1.165, 1.54) is 19.3 Å². The van der Waals surface area contributed by atoms with E-state index in [0.717, 1.165) is 12.8 Å². The topological polar surface area (TPSA) is 59.9 Å². The summed E-state index contributed by atoms with van der Waals surface area (Å²) >= 11 is 5.90. The fourth-order valence-corrected chi connectivity index (χ4v) is 2.50. The van der Waals surface area contributed by atoms with Crippen LogP contribution >= 0.6 is 11.6 Å². The van der Waals surface area contributed by atoms with Crippen LogP contribution in [0.2, 0.25) is 5.28 Å². The van der Waals surface area contributed by atoms with E-state index in [-0.39, 0.29) is 5.28 Å². The molecule has 19 heavy (non-hydrogen) atoms. The van der Waals surface area contributed by atoms with Crippen LogP contribution in [-0.2, 0) is 0 Å². The van der Waals surface area contributed by atoms with E-state index in [1.807, 2.05) is 6.92 Å². The first-order valence-corrected chi connectivity index (χ1v) is 7.37. The molecule has 1 aliphatic carbocycles. The Balaban J connectivity index is 2.04. The molecule has 2 rings (SSSR count). The Morgan fingerprint density at radius 3 is 2.79 bits per heavy atom. The zero-order valence-electron chi connectivity index (χ0n) is 11.5. The molecule has 1 saturated carbocycles. The van der Waals surface area contributed by atoms with Crippen LogP contribution in [0.5, 0.6) is 6.01 Å². The number of anilines is 1. The van der Waals surface area contributed by atoms with E-state index in [0.29, 0.717) is 30.5 Å². The van der Waals surface area contributed by atoms with Gasteiger partial charge in [-0.1, -0.05) is 26.7 Å². The van der Waals surface area contributed by atoms with Crippen molar-refractivity contribution in [2.75, 3.05) is 11.9 Å². The van der Waals surface area contributed by atoms with Crippen molar-refractivity contribution in [2.24, 2.45) is 5.92 Å². The van der Waals surface area contributed by atoms with Gasteiger partial charge in [0, 0.05) is 6.04 Å². The number of rotatable bonds is 5. The van der Waals surface area contributed by atoms with Crippen molar-refractivity contribution in [1.29, 1.82) is 0 Å². The summed E-state index contributed by atoms with van der Waals surface area (Å²) in [5.41, 5.74) is 0. The summed E-state index contributed by atoms with van der Waals surface area (Å²) in [5, 5.41) is 3.53. The van der Waals surface area contributed by atoms with Crippen LogP contribution in [0, 0.1) is 5.92 Å². The third kappa shape index (κ3) is 4.20. The molecule has 2 atom stereocenters. The lowest BCUT2D eigenvalue weighted by molar-refractivity contribution is 0.291. The van der Waals surface area contributed by atoms with Gasteiger partial charge in [0.05, 0.1) is 6.61 Å². The Kier molecular flexibility index (Phi) is 5.19. The van der Waals surface area contributed by atoms with Gasteiger partial charge in [0.15, 0.2) is 0 Å². The minimum atomic E-state index is 0.173. The zero-order chi connectivity index (χ0) is 13.7. The quantitative estimate of drug-likeness (QED) is 0.899. The number of hydrogen-bond donors (Lipinski definition) is 1. The molecule has 1 N–H and O–H groups in total. The SMILES string of the molecule is CCCOc1nc(Cl)nc(NC2CCCCC2C)n1. The van der Waals surface area contributed by atoms with Crippen LogP contribution in [0.25, 0.3) is 0 Å². The molecule has 0 radical (unpaired) electrons. The maximum absolute atomic E-state index is 5.90. The lowest BCUT2D eigenvalue weighted by Gasteiger charge is -2.29. The molecule has 0 aliphatic heterocycles. The smallest absolute Gasteiger partial charge is 0.322 e. The van der Waals surface area contributed by atoms with Crippen LogP contribution in [0.3, 0.4) is 0 Å². The molecule has 106 valence electrons. The Hall–Kier alpha value is -1.10. The van der Waals surface area contributed by atoms with Crippen LogP contribution in [0.4, 0.5) is 5.95 Å². The van der Waals surface area contributed by atoms with E-state index in [1.54, 1.807) is 0 Å². The molecule has 0 amide bonds. The molecule has 1 aromatic heterocycles. The van der Waals surface area contributed by atoms with Crippen LogP contribution in [0.1, 0.15) is 46.0 Å². The third-order valence-corrected chi connectivity index (χ3v) is 3.62. The van der Waals surface area contributed by atoms with E-state index >= 15 is 0 Å². The molecule has 0 bridgehead atoms.